The summed E-state index contributed by atoms with van der Waals surface area (Å²) in [5.74, 6) is 0.582. The zero-order valence-electron chi connectivity index (χ0n) is 13.3. The number of benzene rings is 2. The average Bonchev–Trinajstić information content (AvgIpc) is 2.63. The second-order valence-electron chi connectivity index (χ2n) is 5.89. The molecule has 1 heterocycles. The molecule has 1 aliphatic heterocycles. The van der Waals surface area contributed by atoms with Crippen LogP contribution < -0.4 is 4.74 Å². The third-order valence-electron chi connectivity index (χ3n) is 4.16. The Balaban J connectivity index is 1.71. The van der Waals surface area contributed by atoms with Gasteiger partial charge in [0, 0.05) is 0 Å². The molecule has 7 nitrogen and oxygen atoms in total. The molecule has 1 saturated heterocycles. The maximum Gasteiger partial charge on any atom is 0.229 e. The zero-order valence-corrected chi connectivity index (χ0v) is 13.3. The van der Waals surface area contributed by atoms with Crippen molar-refractivity contribution in [1.29, 1.82) is 0 Å². The first kappa shape index (κ1) is 17.7. The minimum absolute atomic E-state index is 0.186. The molecule has 2 aromatic rings. The summed E-state index contributed by atoms with van der Waals surface area (Å²) >= 11 is 0. The number of phenolic OH excluding ortho intramolecular Hbond substituents is 1. The van der Waals surface area contributed by atoms with Gasteiger partial charge in [-0.3, -0.25) is 0 Å². The Kier molecular flexibility index (Phi) is 5.22. The highest BCUT2D eigenvalue weighted by Gasteiger charge is 2.44. The summed E-state index contributed by atoms with van der Waals surface area (Å²) in [6.07, 6.45) is -6.58. The first-order valence-electron chi connectivity index (χ1n) is 7.86. The van der Waals surface area contributed by atoms with E-state index in [1.807, 2.05) is 0 Å². The second-order valence-corrected chi connectivity index (χ2v) is 5.89. The maximum absolute atomic E-state index is 9.98. The number of phenols is 1. The number of hydrogen-bond donors (Lipinski definition) is 5. The van der Waals surface area contributed by atoms with Crippen LogP contribution in [0.2, 0.25) is 0 Å². The average molecular weight is 348 g/mol. The van der Waals surface area contributed by atoms with Gasteiger partial charge in [-0.1, -0.05) is 24.3 Å². The van der Waals surface area contributed by atoms with E-state index >= 15 is 0 Å². The van der Waals surface area contributed by atoms with Gasteiger partial charge in [0.25, 0.3) is 0 Å². The van der Waals surface area contributed by atoms with Crippen LogP contribution in [-0.4, -0.2) is 62.8 Å². The van der Waals surface area contributed by atoms with Crippen molar-refractivity contribution in [2.24, 2.45) is 0 Å². The first-order valence-corrected chi connectivity index (χ1v) is 7.86. The zero-order chi connectivity index (χ0) is 18.0. The fourth-order valence-corrected chi connectivity index (χ4v) is 2.68. The largest absolute Gasteiger partial charge is 0.508 e. The van der Waals surface area contributed by atoms with Crippen molar-refractivity contribution in [3.63, 3.8) is 0 Å². The fraction of sp³-hybridized carbons (Fsp3) is 0.333. The van der Waals surface area contributed by atoms with E-state index in [2.05, 4.69) is 0 Å². The fourth-order valence-electron chi connectivity index (χ4n) is 2.68. The molecule has 3 rings (SSSR count). The molecule has 0 aromatic heterocycles. The molecule has 7 heteroatoms. The molecular weight excluding hydrogens is 328 g/mol. The van der Waals surface area contributed by atoms with Gasteiger partial charge in [-0.05, 0) is 35.4 Å². The number of ether oxygens (including phenoxy) is 2. The van der Waals surface area contributed by atoms with Gasteiger partial charge >= 0.3 is 0 Å². The van der Waals surface area contributed by atoms with E-state index in [-0.39, 0.29) is 5.75 Å². The Labute approximate surface area is 144 Å². The summed E-state index contributed by atoms with van der Waals surface area (Å²) in [6, 6.07) is 13.7. The lowest BCUT2D eigenvalue weighted by atomic mass is 9.99. The Morgan fingerprint density at radius 1 is 0.800 bits per heavy atom. The van der Waals surface area contributed by atoms with Gasteiger partial charge < -0.3 is 35.0 Å². The smallest absolute Gasteiger partial charge is 0.229 e. The van der Waals surface area contributed by atoms with Crippen LogP contribution in [0.15, 0.2) is 48.5 Å². The van der Waals surface area contributed by atoms with E-state index in [0.29, 0.717) is 5.75 Å². The van der Waals surface area contributed by atoms with Gasteiger partial charge in [-0.2, -0.15) is 0 Å². The summed E-state index contributed by atoms with van der Waals surface area (Å²) in [7, 11) is 0. The van der Waals surface area contributed by atoms with Gasteiger partial charge in [0.1, 0.15) is 35.9 Å². The summed E-state index contributed by atoms with van der Waals surface area (Å²) in [6.45, 7) is -0.509. The predicted molar refractivity (Wildman–Crippen MR) is 87.9 cm³/mol. The standard InChI is InChI=1S/C18H20O7/c19-9-14-15(21)16(22)17(23)18(25-14)24-13-7-3-11(4-8-13)10-1-5-12(20)6-2-10/h1-8,14-23H,9H2/t14-,15-,16+,17+,18+/m1/s1. The van der Waals surface area contributed by atoms with Crippen LogP contribution in [0.4, 0.5) is 0 Å². The maximum atomic E-state index is 9.98. The van der Waals surface area contributed by atoms with Crippen molar-refractivity contribution in [3.8, 4) is 22.6 Å². The van der Waals surface area contributed by atoms with Crippen molar-refractivity contribution in [1.82, 2.24) is 0 Å². The molecule has 5 N–H and O–H groups in total. The molecule has 25 heavy (non-hydrogen) atoms. The highest BCUT2D eigenvalue weighted by atomic mass is 16.7. The molecule has 0 unspecified atom stereocenters. The Morgan fingerprint density at radius 2 is 1.36 bits per heavy atom. The molecular formula is C18H20O7. The van der Waals surface area contributed by atoms with Crippen molar-refractivity contribution in [2.75, 3.05) is 6.61 Å². The predicted octanol–water partition coefficient (Wildman–Crippen LogP) is 0.238. The molecule has 134 valence electrons. The van der Waals surface area contributed by atoms with Gasteiger partial charge in [0.05, 0.1) is 6.61 Å². The van der Waals surface area contributed by atoms with E-state index in [9.17, 15) is 25.5 Å². The van der Waals surface area contributed by atoms with Gasteiger partial charge in [0.2, 0.25) is 6.29 Å². The molecule has 1 fully saturated rings. The summed E-state index contributed by atoms with van der Waals surface area (Å²) in [5, 5.41) is 48.0. The highest BCUT2D eigenvalue weighted by Crippen LogP contribution is 2.27. The summed E-state index contributed by atoms with van der Waals surface area (Å²) in [4.78, 5) is 0. The van der Waals surface area contributed by atoms with E-state index < -0.39 is 37.3 Å². The van der Waals surface area contributed by atoms with E-state index in [1.165, 1.54) is 0 Å². The molecule has 0 amide bonds. The van der Waals surface area contributed by atoms with E-state index in [0.717, 1.165) is 11.1 Å². The number of aliphatic hydroxyl groups excluding tert-OH is 4. The third-order valence-corrected chi connectivity index (χ3v) is 4.16. The van der Waals surface area contributed by atoms with Crippen LogP contribution in [0.5, 0.6) is 11.5 Å². The normalized spacial score (nSPS) is 29.4. The number of aliphatic hydroxyl groups is 4. The van der Waals surface area contributed by atoms with Crippen molar-refractivity contribution >= 4 is 0 Å². The van der Waals surface area contributed by atoms with Crippen LogP contribution in [0.1, 0.15) is 0 Å². The second kappa shape index (κ2) is 7.38. The number of hydrogen-bond acceptors (Lipinski definition) is 7. The van der Waals surface area contributed by atoms with Gasteiger partial charge in [-0.15, -0.1) is 0 Å². The first-order chi connectivity index (χ1) is 12.0. The number of aromatic hydroxyl groups is 1. The number of rotatable bonds is 4. The molecule has 0 bridgehead atoms. The third kappa shape index (κ3) is 3.76. The quantitative estimate of drug-likeness (QED) is 0.537. The highest BCUT2D eigenvalue weighted by molar-refractivity contribution is 5.64. The van der Waals surface area contributed by atoms with Crippen LogP contribution in [0.3, 0.4) is 0 Å². The molecule has 1 aliphatic rings. The Morgan fingerprint density at radius 3 is 1.92 bits per heavy atom. The van der Waals surface area contributed by atoms with E-state index in [4.69, 9.17) is 9.47 Å². The molecule has 0 saturated carbocycles. The summed E-state index contributed by atoms with van der Waals surface area (Å²) in [5.41, 5.74) is 1.82. The molecule has 0 radical (unpaired) electrons. The lowest BCUT2D eigenvalue weighted by molar-refractivity contribution is -0.277. The molecule has 0 aliphatic carbocycles. The minimum Gasteiger partial charge on any atom is -0.508 e. The lowest BCUT2D eigenvalue weighted by Gasteiger charge is -2.39. The van der Waals surface area contributed by atoms with Crippen LogP contribution in [0, 0.1) is 0 Å². The van der Waals surface area contributed by atoms with Crippen molar-refractivity contribution in [2.45, 2.75) is 30.7 Å². The van der Waals surface area contributed by atoms with Crippen molar-refractivity contribution in [3.05, 3.63) is 48.5 Å². The lowest BCUT2D eigenvalue weighted by Crippen LogP contribution is -2.60. The SMILES string of the molecule is OC[C@H]1O[C@H](Oc2ccc(-c3ccc(O)cc3)cc2)[C@@H](O)[C@@H](O)[C@@H]1O. The minimum atomic E-state index is -1.48. The van der Waals surface area contributed by atoms with E-state index in [1.54, 1.807) is 48.5 Å². The van der Waals surface area contributed by atoms with Gasteiger partial charge in [-0.25, -0.2) is 0 Å². The van der Waals surface area contributed by atoms with Crippen LogP contribution in [0.25, 0.3) is 11.1 Å². The van der Waals surface area contributed by atoms with Gasteiger partial charge in [0.15, 0.2) is 0 Å². The monoisotopic (exact) mass is 348 g/mol. The van der Waals surface area contributed by atoms with Crippen LogP contribution in [-0.2, 0) is 4.74 Å². The summed E-state index contributed by atoms with van der Waals surface area (Å²) < 4.78 is 10.8. The van der Waals surface area contributed by atoms with Crippen LogP contribution >= 0.6 is 0 Å². The Bertz CT molecular complexity index is 684. The topological polar surface area (TPSA) is 120 Å². The molecule has 5 atom stereocenters. The molecule has 0 spiro atoms. The molecule has 2 aromatic carbocycles. The Hall–Kier alpha value is -2.16. The van der Waals surface area contributed by atoms with Crippen molar-refractivity contribution < 1.29 is 35.0 Å².